The highest BCUT2D eigenvalue weighted by Gasteiger charge is 2.31. The zero-order valence-corrected chi connectivity index (χ0v) is 14.9. The van der Waals surface area contributed by atoms with Crippen LogP contribution in [-0.2, 0) is 4.79 Å². The van der Waals surface area contributed by atoms with Crippen LogP contribution in [0.2, 0.25) is 0 Å². The topological polar surface area (TPSA) is 56.7 Å². The molecule has 23 heavy (non-hydrogen) atoms. The Bertz CT molecular complexity index is 390. The molecule has 0 aromatic heterocycles. The van der Waals surface area contributed by atoms with Crippen LogP contribution in [0.5, 0.6) is 0 Å². The molecular weight excluding hydrogens is 288 g/mol. The highest BCUT2D eigenvalue weighted by Crippen LogP contribution is 2.26. The molecule has 2 N–H and O–H groups in total. The fraction of sp³-hybridized carbons (Fsp3) is 0.889. The lowest BCUT2D eigenvalue weighted by Crippen LogP contribution is -2.45. The lowest BCUT2D eigenvalue weighted by Gasteiger charge is -2.26. The summed E-state index contributed by atoms with van der Waals surface area (Å²) in [6.45, 7) is 7.72. The Balaban J connectivity index is 1.80. The van der Waals surface area contributed by atoms with Crippen molar-refractivity contribution in [2.45, 2.75) is 71.3 Å². The van der Waals surface area contributed by atoms with Gasteiger partial charge in [0.1, 0.15) is 0 Å². The molecule has 0 aromatic rings. The molecule has 0 bridgehead atoms. The number of rotatable bonds is 6. The van der Waals surface area contributed by atoms with Crippen molar-refractivity contribution >= 4 is 11.9 Å². The van der Waals surface area contributed by atoms with Crippen molar-refractivity contribution in [2.75, 3.05) is 26.2 Å². The van der Waals surface area contributed by atoms with E-state index in [2.05, 4.69) is 34.4 Å². The number of likely N-dealkylation sites (tertiary alicyclic amines) is 1. The lowest BCUT2D eigenvalue weighted by atomic mass is 9.88. The van der Waals surface area contributed by atoms with Gasteiger partial charge in [0, 0.05) is 38.1 Å². The van der Waals surface area contributed by atoms with Crippen molar-refractivity contribution < 1.29 is 4.79 Å². The first-order chi connectivity index (χ1) is 11.2. The minimum absolute atomic E-state index is 0.286. The van der Waals surface area contributed by atoms with E-state index in [1.807, 2.05) is 0 Å². The molecule has 0 aromatic carbocycles. The summed E-state index contributed by atoms with van der Waals surface area (Å²) in [5.74, 6) is 1.58. The van der Waals surface area contributed by atoms with Gasteiger partial charge in [-0.15, -0.1) is 0 Å². The van der Waals surface area contributed by atoms with Gasteiger partial charge in [-0.3, -0.25) is 9.79 Å². The van der Waals surface area contributed by atoms with Gasteiger partial charge in [0.25, 0.3) is 0 Å². The monoisotopic (exact) mass is 322 g/mol. The average molecular weight is 322 g/mol. The molecule has 1 unspecified atom stereocenters. The molecule has 1 saturated carbocycles. The number of hydrogen-bond donors (Lipinski definition) is 2. The van der Waals surface area contributed by atoms with Crippen molar-refractivity contribution in [2.24, 2.45) is 10.9 Å². The van der Waals surface area contributed by atoms with Gasteiger partial charge in [-0.25, -0.2) is 0 Å². The van der Waals surface area contributed by atoms with Crippen molar-refractivity contribution in [1.82, 2.24) is 15.5 Å². The minimum Gasteiger partial charge on any atom is -0.357 e. The molecule has 0 spiro atoms. The summed E-state index contributed by atoms with van der Waals surface area (Å²) in [7, 11) is 0. The third kappa shape index (κ3) is 5.70. The molecule has 2 aliphatic rings. The maximum Gasteiger partial charge on any atom is 0.225 e. The van der Waals surface area contributed by atoms with Crippen LogP contribution in [0, 0.1) is 5.92 Å². The fourth-order valence-electron chi connectivity index (χ4n) is 3.55. The van der Waals surface area contributed by atoms with Crippen molar-refractivity contribution in [3.8, 4) is 0 Å². The number of carbonyl (C=O) groups is 1. The summed E-state index contributed by atoms with van der Waals surface area (Å²) in [6, 6.07) is 0.335. The van der Waals surface area contributed by atoms with Gasteiger partial charge in [0.2, 0.25) is 5.91 Å². The summed E-state index contributed by atoms with van der Waals surface area (Å²) < 4.78 is 0. The van der Waals surface area contributed by atoms with E-state index in [1.165, 1.54) is 19.3 Å². The van der Waals surface area contributed by atoms with E-state index in [4.69, 9.17) is 0 Å². The molecule has 1 aliphatic carbocycles. The fourth-order valence-corrected chi connectivity index (χ4v) is 3.55. The van der Waals surface area contributed by atoms with Gasteiger partial charge in [0.05, 0.1) is 0 Å². The lowest BCUT2D eigenvalue weighted by molar-refractivity contribution is -0.135. The van der Waals surface area contributed by atoms with Crippen LogP contribution in [0.1, 0.15) is 65.2 Å². The Morgan fingerprint density at radius 1 is 1.17 bits per heavy atom. The summed E-state index contributed by atoms with van der Waals surface area (Å²) in [5, 5.41) is 6.82. The number of aliphatic imine (C=N–C) groups is 1. The van der Waals surface area contributed by atoms with Crippen LogP contribution in [0.25, 0.3) is 0 Å². The number of nitrogens with zero attached hydrogens (tertiary/aromatic N) is 2. The standard InChI is InChI=1S/C18H34N4O/c1-3-5-12-20-18(19-4-2)21-16-11-13-22(14-16)17(23)15-9-7-6-8-10-15/h15-16H,3-14H2,1-2H3,(H2,19,20,21). The smallest absolute Gasteiger partial charge is 0.225 e. The number of nitrogens with one attached hydrogen (secondary N) is 2. The summed E-state index contributed by atoms with van der Waals surface area (Å²) in [6.07, 6.45) is 9.23. The van der Waals surface area contributed by atoms with Crippen molar-refractivity contribution in [1.29, 1.82) is 0 Å². The number of carbonyl (C=O) groups excluding carboxylic acids is 1. The molecule has 2 rings (SSSR count). The van der Waals surface area contributed by atoms with Gasteiger partial charge in [0.15, 0.2) is 5.96 Å². The minimum atomic E-state index is 0.286. The first-order valence-corrected chi connectivity index (χ1v) is 9.58. The Morgan fingerprint density at radius 3 is 2.65 bits per heavy atom. The maximum atomic E-state index is 12.6. The SMILES string of the molecule is CCCCN=C(NCC)NC1CCN(C(=O)C2CCCCC2)C1. The van der Waals surface area contributed by atoms with E-state index in [9.17, 15) is 4.79 Å². The first-order valence-electron chi connectivity index (χ1n) is 9.58. The number of guanidine groups is 1. The highest BCUT2D eigenvalue weighted by atomic mass is 16.2. The van der Waals surface area contributed by atoms with Gasteiger partial charge in [-0.1, -0.05) is 32.6 Å². The van der Waals surface area contributed by atoms with Crippen LogP contribution in [0.3, 0.4) is 0 Å². The van der Waals surface area contributed by atoms with Crippen molar-refractivity contribution in [3.63, 3.8) is 0 Å². The van der Waals surface area contributed by atoms with Gasteiger partial charge < -0.3 is 15.5 Å². The van der Waals surface area contributed by atoms with E-state index in [1.54, 1.807) is 0 Å². The first kappa shape index (κ1) is 18.1. The largest absolute Gasteiger partial charge is 0.357 e. The Kier molecular flexibility index (Phi) is 7.69. The third-order valence-electron chi connectivity index (χ3n) is 4.92. The van der Waals surface area contributed by atoms with Crippen LogP contribution in [0.4, 0.5) is 0 Å². The second kappa shape index (κ2) is 9.78. The van der Waals surface area contributed by atoms with Gasteiger partial charge in [-0.2, -0.15) is 0 Å². The van der Waals surface area contributed by atoms with Crippen LogP contribution < -0.4 is 10.6 Å². The van der Waals surface area contributed by atoms with E-state index >= 15 is 0 Å². The van der Waals surface area contributed by atoms with Gasteiger partial charge in [-0.05, 0) is 32.6 Å². The summed E-state index contributed by atoms with van der Waals surface area (Å²) in [5.41, 5.74) is 0. The Morgan fingerprint density at radius 2 is 1.96 bits per heavy atom. The molecule has 1 aliphatic heterocycles. The van der Waals surface area contributed by atoms with Crippen molar-refractivity contribution in [3.05, 3.63) is 0 Å². The second-order valence-electron chi connectivity index (χ2n) is 6.86. The van der Waals surface area contributed by atoms with Crippen LogP contribution in [-0.4, -0.2) is 49.0 Å². The zero-order chi connectivity index (χ0) is 16.5. The quantitative estimate of drug-likeness (QED) is 0.449. The summed E-state index contributed by atoms with van der Waals surface area (Å²) in [4.78, 5) is 19.3. The molecule has 2 fully saturated rings. The number of amides is 1. The molecular formula is C18H34N4O. The molecule has 5 heteroatoms. The highest BCUT2D eigenvalue weighted by molar-refractivity contribution is 5.81. The predicted octanol–water partition coefficient (Wildman–Crippen LogP) is 2.52. The Labute approximate surface area is 141 Å². The molecule has 1 saturated heterocycles. The predicted molar refractivity (Wildman–Crippen MR) is 95.6 cm³/mol. The van der Waals surface area contributed by atoms with E-state index in [-0.39, 0.29) is 5.92 Å². The van der Waals surface area contributed by atoms with E-state index < -0.39 is 0 Å². The number of unbranched alkanes of at least 4 members (excludes halogenated alkanes) is 1. The van der Waals surface area contributed by atoms with Crippen LogP contribution in [0.15, 0.2) is 4.99 Å². The number of hydrogen-bond acceptors (Lipinski definition) is 2. The second-order valence-corrected chi connectivity index (χ2v) is 6.86. The molecule has 5 nitrogen and oxygen atoms in total. The van der Waals surface area contributed by atoms with Gasteiger partial charge >= 0.3 is 0 Å². The summed E-state index contributed by atoms with van der Waals surface area (Å²) >= 11 is 0. The normalized spacial score (nSPS) is 23.1. The molecule has 132 valence electrons. The third-order valence-corrected chi connectivity index (χ3v) is 4.92. The van der Waals surface area contributed by atoms with E-state index in [0.717, 1.165) is 64.2 Å². The molecule has 1 atom stereocenters. The Hall–Kier alpha value is -1.26. The molecule has 1 heterocycles. The molecule has 0 radical (unpaired) electrons. The average Bonchev–Trinajstić information content (AvgIpc) is 3.04. The molecule has 1 amide bonds. The maximum absolute atomic E-state index is 12.6. The van der Waals surface area contributed by atoms with E-state index in [0.29, 0.717) is 11.9 Å². The zero-order valence-electron chi connectivity index (χ0n) is 14.9. The van der Waals surface area contributed by atoms with Crippen LogP contribution >= 0.6 is 0 Å².